The third-order valence-electron chi connectivity index (χ3n) is 3.80. The van der Waals surface area contributed by atoms with Crippen LogP contribution in [0.15, 0.2) is 30.3 Å². The fourth-order valence-electron chi connectivity index (χ4n) is 2.75. The topological polar surface area (TPSA) is 72.2 Å². The van der Waals surface area contributed by atoms with Crippen LogP contribution in [0.3, 0.4) is 0 Å². The molecule has 2 amide bonds. The molecule has 0 aliphatic heterocycles. The monoisotopic (exact) mass is 334 g/mol. The number of amides is 2. The van der Waals surface area contributed by atoms with Crippen molar-refractivity contribution in [3.8, 4) is 0 Å². The number of carbonyl (C=O) groups is 2. The summed E-state index contributed by atoms with van der Waals surface area (Å²) in [5, 5.41) is 3.76. The van der Waals surface area contributed by atoms with E-state index in [0.717, 1.165) is 41.2 Å². The van der Waals surface area contributed by atoms with Crippen LogP contribution in [0.1, 0.15) is 49.4 Å². The first-order valence-electron chi connectivity index (χ1n) is 7.03. The van der Waals surface area contributed by atoms with Crippen molar-refractivity contribution in [2.75, 3.05) is 0 Å². The van der Waals surface area contributed by atoms with Crippen molar-refractivity contribution in [2.24, 2.45) is 5.73 Å². The molecule has 1 heterocycles. The predicted octanol–water partition coefficient (Wildman–Crippen LogP) is 3.31. The molecule has 0 saturated heterocycles. The lowest BCUT2D eigenvalue weighted by Crippen LogP contribution is -2.30. The Hall–Kier alpha value is -1.85. The van der Waals surface area contributed by atoms with Gasteiger partial charge < -0.3 is 11.1 Å². The average molecular weight is 335 g/mol. The zero-order valence-electron chi connectivity index (χ0n) is 11.8. The highest BCUT2D eigenvalue weighted by atomic mass is 35.5. The Morgan fingerprint density at radius 2 is 2.00 bits per heavy atom. The average Bonchev–Trinajstić information content (AvgIpc) is 2.97. The molecule has 2 aromatic rings. The van der Waals surface area contributed by atoms with E-state index in [1.165, 1.54) is 5.56 Å². The Balaban J connectivity index is 1.79. The van der Waals surface area contributed by atoms with Crippen LogP contribution in [0.4, 0.5) is 0 Å². The lowest BCUT2D eigenvalue weighted by atomic mass is 9.87. The van der Waals surface area contributed by atoms with E-state index in [-0.39, 0.29) is 11.9 Å². The lowest BCUT2D eigenvalue weighted by Gasteiger charge is -2.26. The van der Waals surface area contributed by atoms with Gasteiger partial charge in [-0.05, 0) is 54.7 Å². The van der Waals surface area contributed by atoms with Crippen LogP contribution >= 0.6 is 22.9 Å². The quantitative estimate of drug-likeness (QED) is 0.903. The van der Waals surface area contributed by atoms with Gasteiger partial charge in [0.25, 0.3) is 11.8 Å². The number of nitrogens with two attached hydrogens (primary N) is 1. The number of carbonyl (C=O) groups excluding carboxylic acids is 2. The van der Waals surface area contributed by atoms with Crippen LogP contribution in [0.2, 0.25) is 5.02 Å². The number of rotatable bonds is 3. The SMILES string of the molecule is NC(=O)c1ccc(C(=O)N[C@H]2CCCc3cc(Cl)ccc32)s1. The van der Waals surface area contributed by atoms with Crippen LogP contribution in [0, 0.1) is 0 Å². The molecular formula is C16H15ClN2O2S. The van der Waals surface area contributed by atoms with E-state index in [1.807, 2.05) is 18.2 Å². The predicted molar refractivity (Wildman–Crippen MR) is 87.4 cm³/mol. The maximum atomic E-state index is 12.3. The molecule has 1 aliphatic carbocycles. The maximum Gasteiger partial charge on any atom is 0.261 e. The number of hydrogen-bond donors (Lipinski definition) is 2. The molecule has 1 atom stereocenters. The van der Waals surface area contributed by atoms with Gasteiger partial charge in [0.05, 0.1) is 15.8 Å². The van der Waals surface area contributed by atoms with E-state index in [4.69, 9.17) is 17.3 Å². The summed E-state index contributed by atoms with van der Waals surface area (Å²) >= 11 is 7.14. The van der Waals surface area contributed by atoms with Crippen LogP contribution in [-0.4, -0.2) is 11.8 Å². The highest BCUT2D eigenvalue weighted by Crippen LogP contribution is 2.32. The zero-order valence-corrected chi connectivity index (χ0v) is 13.3. The molecule has 0 unspecified atom stereocenters. The Morgan fingerprint density at radius 1 is 1.23 bits per heavy atom. The Labute approximate surface area is 137 Å². The first-order valence-corrected chi connectivity index (χ1v) is 8.23. The molecule has 0 radical (unpaired) electrons. The first kappa shape index (κ1) is 15.1. The van der Waals surface area contributed by atoms with Crippen molar-refractivity contribution < 1.29 is 9.59 Å². The number of hydrogen-bond acceptors (Lipinski definition) is 3. The molecule has 0 fully saturated rings. The van der Waals surface area contributed by atoms with E-state index >= 15 is 0 Å². The Bertz CT molecular complexity index is 741. The molecule has 6 heteroatoms. The number of benzene rings is 1. The molecule has 1 aliphatic rings. The third-order valence-corrected chi connectivity index (χ3v) is 5.13. The van der Waals surface area contributed by atoms with Gasteiger partial charge in [0.2, 0.25) is 0 Å². The molecule has 22 heavy (non-hydrogen) atoms. The molecule has 3 rings (SSSR count). The summed E-state index contributed by atoms with van der Waals surface area (Å²) in [6, 6.07) is 8.98. The van der Waals surface area contributed by atoms with Crippen molar-refractivity contribution in [3.63, 3.8) is 0 Å². The number of nitrogens with one attached hydrogen (secondary N) is 1. The lowest BCUT2D eigenvalue weighted by molar-refractivity contribution is 0.0936. The maximum absolute atomic E-state index is 12.3. The van der Waals surface area contributed by atoms with E-state index in [9.17, 15) is 9.59 Å². The van der Waals surface area contributed by atoms with Crippen LogP contribution in [0.25, 0.3) is 0 Å². The zero-order chi connectivity index (χ0) is 15.7. The van der Waals surface area contributed by atoms with Crippen molar-refractivity contribution >= 4 is 34.8 Å². The van der Waals surface area contributed by atoms with Gasteiger partial charge in [-0.2, -0.15) is 0 Å². The van der Waals surface area contributed by atoms with Gasteiger partial charge in [-0.15, -0.1) is 11.3 Å². The smallest absolute Gasteiger partial charge is 0.261 e. The second kappa shape index (κ2) is 6.10. The normalized spacial score (nSPS) is 16.9. The van der Waals surface area contributed by atoms with Gasteiger partial charge in [0, 0.05) is 5.02 Å². The number of halogens is 1. The Kier molecular flexibility index (Phi) is 4.18. The fraction of sp³-hybridized carbons (Fsp3) is 0.250. The summed E-state index contributed by atoms with van der Waals surface area (Å²) in [4.78, 5) is 24.3. The highest BCUT2D eigenvalue weighted by molar-refractivity contribution is 7.15. The molecule has 114 valence electrons. The minimum atomic E-state index is -0.512. The molecule has 1 aromatic carbocycles. The standard InChI is InChI=1S/C16H15ClN2O2S/c17-10-4-5-11-9(8-10)2-1-3-12(11)19-16(21)14-7-6-13(22-14)15(18)20/h4-8,12H,1-3H2,(H2,18,20)(H,19,21)/t12-/m0/s1. The second-order valence-electron chi connectivity index (χ2n) is 5.29. The van der Waals surface area contributed by atoms with Crippen molar-refractivity contribution in [1.29, 1.82) is 0 Å². The van der Waals surface area contributed by atoms with Gasteiger partial charge in [-0.1, -0.05) is 17.7 Å². The van der Waals surface area contributed by atoms with E-state index in [0.29, 0.717) is 9.75 Å². The summed E-state index contributed by atoms with van der Waals surface area (Å²) < 4.78 is 0. The van der Waals surface area contributed by atoms with Crippen molar-refractivity contribution in [1.82, 2.24) is 5.32 Å². The van der Waals surface area contributed by atoms with Gasteiger partial charge in [-0.25, -0.2) is 0 Å². The Morgan fingerprint density at radius 3 is 2.73 bits per heavy atom. The van der Waals surface area contributed by atoms with Crippen LogP contribution in [-0.2, 0) is 6.42 Å². The molecule has 0 bridgehead atoms. The summed E-state index contributed by atoms with van der Waals surface area (Å²) in [6.07, 6.45) is 2.89. The minimum Gasteiger partial charge on any atom is -0.365 e. The van der Waals surface area contributed by atoms with Gasteiger partial charge in [0.1, 0.15) is 0 Å². The van der Waals surface area contributed by atoms with E-state index < -0.39 is 5.91 Å². The highest BCUT2D eigenvalue weighted by Gasteiger charge is 2.23. The van der Waals surface area contributed by atoms with Gasteiger partial charge >= 0.3 is 0 Å². The van der Waals surface area contributed by atoms with Gasteiger partial charge in [0.15, 0.2) is 0 Å². The number of fused-ring (bicyclic) bond motifs is 1. The van der Waals surface area contributed by atoms with E-state index in [2.05, 4.69) is 5.32 Å². The molecule has 0 saturated carbocycles. The van der Waals surface area contributed by atoms with Crippen LogP contribution in [0.5, 0.6) is 0 Å². The summed E-state index contributed by atoms with van der Waals surface area (Å²) in [5.74, 6) is -0.688. The van der Waals surface area contributed by atoms with E-state index in [1.54, 1.807) is 12.1 Å². The molecule has 1 aromatic heterocycles. The van der Waals surface area contributed by atoms with Crippen molar-refractivity contribution in [3.05, 3.63) is 56.2 Å². The molecular weight excluding hydrogens is 320 g/mol. The second-order valence-corrected chi connectivity index (χ2v) is 6.81. The summed E-state index contributed by atoms with van der Waals surface area (Å²) in [5.41, 5.74) is 7.53. The number of aryl methyl sites for hydroxylation is 1. The molecule has 0 spiro atoms. The van der Waals surface area contributed by atoms with Crippen LogP contribution < -0.4 is 11.1 Å². The summed E-state index contributed by atoms with van der Waals surface area (Å²) in [6.45, 7) is 0. The third kappa shape index (κ3) is 3.00. The number of primary amides is 1. The minimum absolute atomic E-state index is 0.0207. The van der Waals surface area contributed by atoms with Crippen molar-refractivity contribution in [2.45, 2.75) is 25.3 Å². The molecule has 3 N–H and O–H groups in total. The first-order chi connectivity index (χ1) is 10.5. The molecule has 4 nitrogen and oxygen atoms in total. The fourth-order valence-corrected chi connectivity index (χ4v) is 3.71. The largest absolute Gasteiger partial charge is 0.365 e. The van der Waals surface area contributed by atoms with Gasteiger partial charge in [-0.3, -0.25) is 9.59 Å². The summed E-state index contributed by atoms with van der Waals surface area (Å²) in [7, 11) is 0. The number of thiophene rings is 1.